The largest absolute Gasteiger partial charge is 0.383 e. The molecule has 0 saturated carbocycles. The van der Waals surface area contributed by atoms with Crippen molar-refractivity contribution in [2.75, 3.05) is 37.4 Å². The summed E-state index contributed by atoms with van der Waals surface area (Å²) in [5.74, 6) is -0.201. The monoisotopic (exact) mass is 314 g/mol. The van der Waals surface area contributed by atoms with E-state index in [1.165, 1.54) is 4.31 Å². The van der Waals surface area contributed by atoms with Crippen molar-refractivity contribution < 1.29 is 17.9 Å². The van der Waals surface area contributed by atoms with Crippen LogP contribution in [0.25, 0.3) is 0 Å². The van der Waals surface area contributed by atoms with Crippen LogP contribution in [0.15, 0.2) is 24.3 Å². The Bertz CT molecular complexity index is 572. The Labute approximate surface area is 126 Å². The first-order valence-electron chi connectivity index (χ1n) is 6.64. The average Bonchev–Trinajstić information content (AvgIpc) is 2.37. The Hall–Kier alpha value is -1.60. The van der Waals surface area contributed by atoms with Crippen molar-refractivity contribution in [3.63, 3.8) is 0 Å². The number of methoxy groups -OCH3 is 1. The van der Waals surface area contributed by atoms with E-state index in [1.54, 1.807) is 25.3 Å². The summed E-state index contributed by atoms with van der Waals surface area (Å²) >= 11 is 0. The second-order valence-electron chi connectivity index (χ2n) is 4.77. The molecule has 7 heteroatoms. The minimum Gasteiger partial charge on any atom is -0.383 e. The van der Waals surface area contributed by atoms with Gasteiger partial charge in [0.1, 0.15) is 0 Å². The molecule has 1 N–H and O–H groups in total. The topological polar surface area (TPSA) is 75.7 Å². The van der Waals surface area contributed by atoms with Crippen LogP contribution in [0.5, 0.6) is 0 Å². The number of sulfonamides is 1. The molecular weight excluding hydrogens is 292 g/mol. The summed E-state index contributed by atoms with van der Waals surface area (Å²) in [5, 5.41) is 2.67. The SMILES string of the molecule is COCCNC(=O)CCN(c1cccc(C)c1)S(C)(=O)=O. The van der Waals surface area contributed by atoms with Gasteiger partial charge in [0.25, 0.3) is 0 Å². The van der Waals surface area contributed by atoms with Crippen molar-refractivity contribution in [2.24, 2.45) is 0 Å². The molecular formula is C14H22N2O4S. The zero-order valence-corrected chi connectivity index (χ0v) is 13.4. The van der Waals surface area contributed by atoms with Crippen LogP contribution in [0.4, 0.5) is 5.69 Å². The Kier molecular flexibility index (Phi) is 6.64. The van der Waals surface area contributed by atoms with E-state index in [2.05, 4.69) is 5.32 Å². The van der Waals surface area contributed by atoms with E-state index >= 15 is 0 Å². The lowest BCUT2D eigenvalue weighted by Crippen LogP contribution is -2.35. The van der Waals surface area contributed by atoms with Crippen molar-refractivity contribution in [3.05, 3.63) is 29.8 Å². The lowest BCUT2D eigenvalue weighted by molar-refractivity contribution is -0.121. The molecule has 0 aliphatic heterocycles. The van der Waals surface area contributed by atoms with E-state index in [1.807, 2.05) is 13.0 Å². The quantitative estimate of drug-likeness (QED) is 0.724. The van der Waals surface area contributed by atoms with Crippen molar-refractivity contribution in [1.29, 1.82) is 0 Å². The molecule has 1 aromatic rings. The molecule has 0 saturated heterocycles. The Morgan fingerprint density at radius 2 is 2.10 bits per heavy atom. The maximum Gasteiger partial charge on any atom is 0.232 e. The highest BCUT2D eigenvalue weighted by Crippen LogP contribution is 2.19. The number of aryl methyl sites for hydroxylation is 1. The van der Waals surface area contributed by atoms with E-state index in [9.17, 15) is 13.2 Å². The molecule has 0 aromatic heterocycles. The number of rotatable bonds is 8. The van der Waals surface area contributed by atoms with Gasteiger partial charge >= 0.3 is 0 Å². The second-order valence-corrected chi connectivity index (χ2v) is 6.67. The van der Waals surface area contributed by atoms with Crippen LogP contribution in [0.2, 0.25) is 0 Å². The molecule has 0 spiro atoms. The van der Waals surface area contributed by atoms with E-state index in [0.717, 1.165) is 11.8 Å². The van der Waals surface area contributed by atoms with E-state index in [4.69, 9.17) is 4.74 Å². The number of hydrogen-bond donors (Lipinski definition) is 1. The summed E-state index contributed by atoms with van der Waals surface area (Å²) in [4.78, 5) is 11.7. The van der Waals surface area contributed by atoms with Gasteiger partial charge < -0.3 is 10.1 Å². The van der Waals surface area contributed by atoms with Crippen LogP contribution in [0.1, 0.15) is 12.0 Å². The van der Waals surface area contributed by atoms with Gasteiger partial charge in [0.05, 0.1) is 18.6 Å². The van der Waals surface area contributed by atoms with Crippen LogP contribution in [-0.2, 0) is 19.6 Å². The number of carbonyl (C=O) groups excluding carboxylic acids is 1. The third-order valence-electron chi connectivity index (χ3n) is 2.86. The third-order valence-corrected chi connectivity index (χ3v) is 4.05. The minimum atomic E-state index is -3.43. The zero-order chi connectivity index (χ0) is 15.9. The van der Waals surface area contributed by atoms with Gasteiger partial charge in [-0.2, -0.15) is 0 Å². The van der Waals surface area contributed by atoms with Gasteiger partial charge in [-0.25, -0.2) is 8.42 Å². The zero-order valence-electron chi connectivity index (χ0n) is 12.6. The molecule has 0 bridgehead atoms. The highest BCUT2D eigenvalue weighted by Gasteiger charge is 2.18. The first kappa shape index (κ1) is 17.5. The number of benzene rings is 1. The second kappa shape index (κ2) is 7.99. The standard InChI is InChI=1S/C14H22N2O4S/c1-12-5-4-6-13(11-12)16(21(3,18)19)9-7-14(17)15-8-10-20-2/h4-6,11H,7-10H2,1-3H3,(H,15,17). The van der Waals surface area contributed by atoms with E-state index in [0.29, 0.717) is 18.8 Å². The molecule has 0 unspecified atom stereocenters. The number of nitrogens with zero attached hydrogens (tertiary/aromatic N) is 1. The smallest absolute Gasteiger partial charge is 0.232 e. The molecule has 0 atom stereocenters. The summed E-state index contributed by atoms with van der Waals surface area (Å²) < 4.78 is 29.9. The average molecular weight is 314 g/mol. The van der Waals surface area contributed by atoms with Gasteiger partial charge in [0.15, 0.2) is 0 Å². The van der Waals surface area contributed by atoms with Crippen LogP contribution >= 0.6 is 0 Å². The van der Waals surface area contributed by atoms with Gasteiger partial charge in [-0.1, -0.05) is 12.1 Å². The summed E-state index contributed by atoms with van der Waals surface area (Å²) in [6.45, 7) is 2.85. The number of hydrogen-bond acceptors (Lipinski definition) is 4. The molecule has 0 aliphatic rings. The van der Waals surface area contributed by atoms with Crippen molar-refractivity contribution in [2.45, 2.75) is 13.3 Å². The number of ether oxygens (including phenoxy) is 1. The molecule has 118 valence electrons. The minimum absolute atomic E-state index is 0.102. The molecule has 0 fully saturated rings. The van der Waals surface area contributed by atoms with E-state index in [-0.39, 0.29) is 18.9 Å². The predicted octanol–water partition coefficient (Wildman–Crippen LogP) is 0.914. The third kappa shape index (κ3) is 6.14. The number of amides is 1. The summed E-state index contributed by atoms with van der Waals surface area (Å²) in [6, 6.07) is 7.18. The predicted molar refractivity (Wildman–Crippen MR) is 82.9 cm³/mol. The van der Waals surface area contributed by atoms with Gasteiger partial charge in [-0.3, -0.25) is 9.10 Å². The molecule has 21 heavy (non-hydrogen) atoms. The molecule has 0 heterocycles. The highest BCUT2D eigenvalue weighted by molar-refractivity contribution is 7.92. The van der Waals surface area contributed by atoms with Gasteiger partial charge in [-0.15, -0.1) is 0 Å². The van der Waals surface area contributed by atoms with Crippen LogP contribution in [0.3, 0.4) is 0 Å². The van der Waals surface area contributed by atoms with Gasteiger partial charge in [0, 0.05) is 26.6 Å². The van der Waals surface area contributed by atoms with Gasteiger partial charge in [-0.05, 0) is 24.6 Å². The van der Waals surface area contributed by atoms with Crippen LogP contribution in [0, 0.1) is 6.92 Å². The molecule has 1 rings (SSSR count). The Morgan fingerprint density at radius 1 is 1.38 bits per heavy atom. The van der Waals surface area contributed by atoms with Crippen LogP contribution in [-0.4, -0.2) is 47.4 Å². The maximum absolute atomic E-state index is 11.9. The van der Waals surface area contributed by atoms with Crippen molar-refractivity contribution in [1.82, 2.24) is 5.32 Å². The van der Waals surface area contributed by atoms with Crippen LogP contribution < -0.4 is 9.62 Å². The fourth-order valence-electron chi connectivity index (χ4n) is 1.85. The molecule has 1 aromatic carbocycles. The fraction of sp³-hybridized carbons (Fsp3) is 0.500. The lowest BCUT2D eigenvalue weighted by Gasteiger charge is -2.22. The summed E-state index contributed by atoms with van der Waals surface area (Å²) in [5.41, 5.74) is 1.54. The first-order valence-corrected chi connectivity index (χ1v) is 8.49. The number of carbonyl (C=O) groups is 1. The normalized spacial score (nSPS) is 11.2. The molecule has 1 amide bonds. The van der Waals surface area contributed by atoms with E-state index < -0.39 is 10.0 Å². The van der Waals surface area contributed by atoms with Gasteiger partial charge in [0.2, 0.25) is 15.9 Å². The highest BCUT2D eigenvalue weighted by atomic mass is 32.2. The van der Waals surface area contributed by atoms with Crippen molar-refractivity contribution >= 4 is 21.6 Å². The summed E-state index contributed by atoms with van der Waals surface area (Å²) in [7, 11) is -1.88. The maximum atomic E-state index is 11.9. The Morgan fingerprint density at radius 3 is 2.67 bits per heavy atom. The first-order chi connectivity index (χ1) is 9.84. The molecule has 0 radical (unpaired) electrons. The Balaban J connectivity index is 2.71. The summed E-state index contributed by atoms with van der Waals surface area (Å²) in [6.07, 6.45) is 1.24. The number of nitrogens with one attached hydrogen (secondary N) is 1. The molecule has 6 nitrogen and oxygen atoms in total. The van der Waals surface area contributed by atoms with Crippen molar-refractivity contribution in [3.8, 4) is 0 Å². The lowest BCUT2D eigenvalue weighted by atomic mass is 10.2. The molecule has 0 aliphatic carbocycles. The number of anilines is 1. The fourth-order valence-corrected chi connectivity index (χ4v) is 2.77.